The number of benzene rings is 1. The molecule has 1 aromatic rings. The van der Waals surface area contributed by atoms with Crippen LogP contribution in [0.15, 0.2) is 12.1 Å². The van der Waals surface area contributed by atoms with Gasteiger partial charge in [-0.25, -0.2) is 4.79 Å². The SMILES string of the molecule is COC(=O)c1cc(O)c(C(C)=O)cc1O. The minimum absolute atomic E-state index is 0.0415. The first-order valence-electron chi connectivity index (χ1n) is 4.12. The zero-order valence-corrected chi connectivity index (χ0v) is 8.27. The minimum atomic E-state index is -0.780. The summed E-state index contributed by atoms with van der Waals surface area (Å²) in [7, 11) is 1.15. The number of phenols is 2. The Labute approximate surface area is 85.9 Å². The van der Waals surface area contributed by atoms with Crippen LogP contribution in [-0.2, 0) is 4.74 Å². The number of Topliss-reactive ketones (excluding diaryl/α,β-unsaturated/α-hetero) is 1. The van der Waals surface area contributed by atoms with Crippen LogP contribution in [0.3, 0.4) is 0 Å². The Bertz CT molecular complexity index is 422. The van der Waals surface area contributed by atoms with Crippen molar-refractivity contribution < 1.29 is 24.5 Å². The second-order valence-electron chi connectivity index (χ2n) is 2.93. The highest BCUT2D eigenvalue weighted by Gasteiger charge is 2.17. The molecule has 0 saturated carbocycles. The average molecular weight is 210 g/mol. The molecule has 80 valence electrons. The molecule has 0 radical (unpaired) electrons. The summed E-state index contributed by atoms with van der Waals surface area (Å²) in [6, 6.07) is 2.03. The van der Waals surface area contributed by atoms with Gasteiger partial charge in [0.2, 0.25) is 0 Å². The van der Waals surface area contributed by atoms with Gasteiger partial charge in [0.1, 0.15) is 17.1 Å². The van der Waals surface area contributed by atoms with Crippen LogP contribution in [0.4, 0.5) is 0 Å². The zero-order chi connectivity index (χ0) is 11.6. The Morgan fingerprint density at radius 2 is 1.60 bits per heavy atom. The van der Waals surface area contributed by atoms with Crippen molar-refractivity contribution in [2.75, 3.05) is 7.11 Å². The summed E-state index contributed by atoms with van der Waals surface area (Å²) in [6.45, 7) is 1.24. The van der Waals surface area contributed by atoms with E-state index in [-0.39, 0.29) is 16.9 Å². The number of ketones is 1. The van der Waals surface area contributed by atoms with E-state index in [1.54, 1.807) is 0 Å². The van der Waals surface area contributed by atoms with Crippen LogP contribution in [0, 0.1) is 0 Å². The molecule has 15 heavy (non-hydrogen) atoms. The maximum absolute atomic E-state index is 11.1. The summed E-state index contributed by atoms with van der Waals surface area (Å²) in [6.07, 6.45) is 0. The van der Waals surface area contributed by atoms with Gasteiger partial charge in [0.25, 0.3) is 0 Å². The van der Waals surface area contributed by atoms with E-state index in [1.165, 1.54) is 6.92 Å². The molecule has 0 aliphatic heterocycles. The lowest BCUT2D eigenvalue weighted by molar-refractivity contribution is 0.0596. The molecular formula is C10H10O5. The number of esters is 1. The molecule has 0 aliphatic carbocycles. The molecule has 0 fully saturated rings. The highest BCUT2D eigenvalue weighted by atomic mass is 16.5. The summed E-state index contributed by atoms with van der Waals surface area (Å²) < 4.78 is 4.38. The van der Waals surface area contributed by atoms with Gasteiger partial charge in [0, 0.05) is 0 Å². The lowest BCUT2D eigenvalue weighted by Crippen LogP contribution is -2.03. The van der Waals surface area contributed by atoms with Gasteiger partial charge in [-0.05, 0) is 19.1 Å². The third-order valence-corrected chi connectivity index (χ3v) is 1.90. The van der Waals surface area contributed by atoms with Crippen molar-refractivity contribution in [3.05, 3.63) is 23.3 Å². The van der Waals surface area contributed by atoms with Gasteiger partial charge in [-0.1, -0.05) is 0 Å². The highest BCUT2D eigenvalue weighted by molar-refractivity contribution is 6.00. The van der Waals surface area contributed by atoms with E-state index >= 15 is 0 Å². The molecular weight excluding hydrogens is 200 g/mol. The second-order valence-corrected chi connectivity index (χ2v) is 2.93. The predicted octanol–water partition coefficient (Wildman–Crippen LogP) is 1.09. The van der Waals surface area contributed by atoms with Crippen LogP contribution in [0.1, 0.15) is 27.6 Å². The van der Waals surface area contributed by atoms with Gasteiger partial charge in [-0.2, -0.15) is 0 Å². The summed E-state index contributed by atoms with van der Waals surface area (Å²) in [5.74, 6) is -1.94. The largest absolute Gasteiger partial charge is 0.507 e. The van der Waals surface area contributed by atoms with Crippen molar-refractivity contribution in [2.24, 2.45) is 0 Å². The Balaban J connectivity index is 3.31. The molecule has 0 atom stereocenters. The van der Waals surface area contributed by atoms with E-state index < -0.39 is 17.5 Å². The molecule has 5 nitrogen and oxygen atoms in total. The first-order chi connectivity index (χ1) is 6.97. The third kappa shape index (κ3) is 2.07. The van der Waals surface area contributed by atoms with Crippen molar-refractivity contribution in [2.45, 2.75) is 6.92 Å². The molecule has 0 aliphatic rings. The van der Waals surface area contributed by atoms with E-state index in [0.717, 1.165) is 19.2 Å². The molecule has 0 bridgehead atoms. The standard InChI is InChI=1S/C10H10O5/c1-5(11)6-3-9(13)7(4-8(6)12)10(14)15-2/h3-4,12-13H,1-2H3. The lowest BCUT2D eigenvalue weighted by atomic mass is 10.1. The van der Waals surface area contributed by atoms with Crippen LogP contribution in [0.2, 0.25) is 0 Å². The fraction of sp³-hybridized carbons (Fsp3) is 0.200. The number of carbonyl (C=O) groups excluding carboxylic acids is 2. The molecule has 0 heterocycles. The van der Waals surface area contributed by atoms with Gasteiger partial charge in [-0.15, -0.1) is 0 Å². The van der Waals surface area contributed by atoms with Crippen LogP contribution < -0.4 is 0 Å². The first-order valence-corrected chi connectivity index (χ1v) is 4.12. The van der Waals surface area contributed by atoms with Crippen LogP contribution in [0.5, 0.6) is 11.5 Å². The van der Waals surface area contributed by atoms with Crippen molar-refractivity contribution in [1.29, 1.82) is 0 Å². The van der Waals surface area contributed by atoms with Crippen molar-refractivity contribution in [1.82, 2.24) is 0 Å². The van der Waals surface area contributed by atoms with Crippen LogP contribution in [0.25, 0.3) is 0 Å². The topological polar surface area (TPSA) is 83.8 Å². The number of hydrogen-bond acceptors (Lipinski definition) is 5. The Morgan fingerprint density at radius 1 is 1.13 bits per heavy atom. The summed E-state index contributed by atoms with van der Waals surface area (Å²) in [5.41, 5.74) is -0.222. The molecule has 0 aromatic heterocycles. The quantitative estimate of drug-likeness (QED) is 0.433. The normalized spacial score (nSPS) is 9.73. The molecule has 1 rings (SSSR count). The van der Waals surface area contributed by atoms with Crippen LogP contribution >= 0.6 is 0 Å². The zero-order valence-electron chi connectivity index (χ0n) is 8.27. The second kappa shape index (κ2) is 4.00. The highest BCUT2D eigenvalue weighted by Crippen LogP contribution is 2.27. The predicted molar refractivity (Wildman–Crippen MR) is 51.1 cm³/mol. The van der Waals surface area contributed by atoms with Gasteiger partial charge in [0.05, 0.1) is 12.7 Å². The van der Waals surface area contributed by atoms with Gasteiger partial charge >= 0.3 is 5.97 Å². The smallest absolute Gasteiger partial charge is 0.341 e. The molecule has 0 spiro atoms. The Kier molecular flexibility index (Phi) is 2.94. The number of rotatable bonds is 2. The lowest BCUT2D eigenvalue weighted by Gasteiger charge is -2.06. The number of ether oxygens (including phenoxy) is 1. The van der Waals surface area contributed by atoms with E-state index in [2.05, 4.69) is 4.74 Å². The minimum Gasteiger partial charge on any atom is -0.507 e. The van der Waals surface area contributed by atoms with E-state index in [4.69, 9.17) is 0 Å². The third-order valence-electron chi connectivity index (χ3n) is 1.90. The number of methoxy groups -OCH3 is 1. The number of aromatic hydroxyl groups is 2. The van der Waals surface area contributed by atoms with Gasteiger partial charge in [0.15, 0.2) is 5.78 Å². The van der Waals surface area contributed by atoms with Gasteiger partial charge < -0.3 is 14.9 Å². The van der Waals surface area contributed by atoms with Crippen molar-refractivity contribution in [3.63, 3.8) is 0 Å². The number of carbonyl (C=O) groups is 2. The first kappa shape index (κ1) is 11.0. The molecule has 0 amide bonds. The molecule has 0 unspecified atom stereocenters. The van der Waals surface area contributed by atoms with Crippen molar-refractivity contribution >= 4 is 11.8 Å². The Hall–Kier alpha value is -2.04. The maximum atomic E-state index is 11.1. The molecule has 0 saturated heterocycles. The van der Waals surface area contributed by atoms with Gasteiger partial charge in [-0.3, -0.25) is 4.79 Å². The van der Waals surface area contributed by atoms with Crippen LogP contribution in [-0.4, -0.2) is 29.1 Å². The molecule has 1 aromatic carbocycles. The molecule has 5 heteroatoms. The average Bonchev–Trinajstić information content (AvgIpc) is 2.19. The number of phenolic OH excluding ortho intramolecular Hbond substituents is 2. The number of hydrogen-bond donors (Lipinski definition) is 2. The fourth-order valence-electron chi connectivity index (χ4n) is 1.13. The summed E-state index contributed by atoms with van der Waals surface area (Å²) in [5, 5.41) is 18.8. The molecule has 2 N–H and O–H groups in total. The Morgan fingerprint density at radius 3 is 2.07 bits per heavy atom. The monoisotopic (exact) mass is 210 g/mol. The van der Waals surface area contributed by atoms with E-state index in [0.29, 0.717) is 0 Å². The maximum Gasteiger partial charge on any atom is 0.341 e. The van der Waals surface area contributed by atoms with Crippen molar-refractivity contribution in [3.8, 4) is 11.5 Å². The fourth-order valence-corrected chi connectivity index (χ4v) is 1.13. The summed E-state index contributed by atoms with van der Waals surface area (Å²) in [4.78, 5) is 22.1. The summed E-state index contributed by atoms with van der Waals surface area (Å²) >= 11 is 0. The van der Waals surface area contributed by atoms with E-state index in [9.17, 15) is 19.8 Å². The van der Waals surface area contributed by atoms with E-state index in [1.807, 2.05) is 0 Å².